The SMILES string of the molecule is CCc1nn(C)c(C(=O)N(C)CC(C)(C)C)c1N. The second kappa shape index (κ2) is 5.00. The Hall–Kier alpha value is -1.52. The average molecular weight is 252 g/mol. The summed E-state index contributed by atoms with van der Waals surface area (Å²) in [5, 5.41) is 4.27. The van der Waals surface area contributed by atoms with Crippen LogP contribution < -0.4 is 5.73 Å². The molecule has 0 bridgehead atoms. The molecule has 102 valence electrons. The van der Waals surface area contributed by atoms with E-state index in [1.165, 1.54) is 0 Å². The number of carbonyl (C=O) groups excluding carboxylic acids is 1. The summed E-state index contributed by atoms with van der Waals surface area (Å²) in [7, 11) is 3.55. The quantitative estimate of drug-likeness (QED) is 0.890. The van der Waals surface area contributed by atoms with Crippen LogP contribution in [-0.2, 0) is 13.5 Å². The Labute approximate surface area is 109 Å². The summed E-state index contributed by atoms with van der Waals surface area (Å²) in [5.41, 5.74) is 7.82. The van der Waals surface area contributed by atoms with Crippen LogP contribution in [0.5, 0.6) is 0 Å². The predicted molar refractivity (Wildman–Crippen MR) is 73.4 cm³/mol. The Morgan fingerprint density at radius 1 is 1.44 bits per heavy atom. The van der Waals surface area contributed by atoms with Crippen molar-refractivity contribution in [3.63, 3.8) is 0 Å². The molecule has 1 heterocycles. The number of carbonyl (C=O) groups is 1. The lowest BCUT2D eigenvalue weighted by atomic mass is 9.96. The highest BCUT2D eigenvalue weighted by molar-refractivity contribution is 5.97. The maximum Gasteiger partial charge on any atom is 0.274 e. The molecule has 0 fully saturated rings. The number of nitrogen functional groups attached to an aromatic ring is 1. The van der Waals surface area contributed by atoms with Crippen LogP contribution in [0, 0.1) is 5.41 Å². The van der Waals surface area contributed by atoms with Crippen molar-refractivity contribution in [3.8, 4) is 0 Å². The topological polar surface area (TPSA) is 64.2 Å². The van der Waals surface area contributed by atoms with Crippen LogP contribution in [0.15, 0.2) is 0 Å². The first-order chi connectivity index (χ1) is 8.17. The molecule has 1 amide bonds. The van der Waals surface area contributed by atoms with Gasteiger partial charge in [-0.1, -0.05) is 27.7 Å². The number of anilines is 1. The first kappa shape index (κ1) is 14.5. The van der Waals surface area contributed by atoms with Crippen LogP contribution in [0.2, 0.25) is 0 Å². The van der Waals surface area contributed by atoms with Gasteiger partial charge in [-0.2, -0.15) is 5.10 Å². The highest BCUT2D eigenvalue weighted by Gasteiger charge is 2.24. The molecule has 2 N–H and O–H groups in total. The fourth-order valence-corrected chi connectivity index (χ4v) is 2.07. The maximum atomic E-state index is 12.4. The van der Waals surface area contributed by atoms with Crippen molar-refractivity contribution in [3.05, 3.63) is 11.4 Å². The van der Waals surface area contributed by atoms with E-state index >= 15 is 0 Å². The van der Waals surface area contributed by atoms with Crippen molar-refractivity contribution in [2.24, 2.45) is 12.5 Å². The minimum absolute atomic E-state index is 0.0609. The highest BCUT2D eigenvalue weighted by Crippen LogP contribution is 2.21. The molecule has 0 radical (unpaired) electrons. The van der Waals surface area contributed by atoms with Gasteiger partial charge in [0.05, 0.1) is 11.4 Å². The van der Waals surface area contributed by atoms with Gasteiger partial charge < -0.3 is 10.6 Å². The van der Waals surface area contributed by atoms with Crippen LogP contribution in [0.25, 0.3) is 0 Å². The lowest BCUT2D eigenvalue weighted by Crippen LogP contribution is -2.35. The molecule has 0 aliphatic heterocycles. The van der Waals surface area contributed by atoms with E-state index in [0.29, 0.717) is 17.9 Å². The van der Waals surface area contributed by atoms with E-state index in [1.807, 2.05) is 6.92 Å². The lowest BCUT2D eigenvalue weighted by Gasteiger charge is -2.26. The minimum Gasteiger partial charge on any atom is -0.395 e. The summed E-state index contributed by atoms with van der Waals surface area (Å²) in [5.74, 6) is -0.0721. The van der Waals surface area contributed by atoms with Crippen molar-refractivity contribution in [2.75, 3.05) is 19.3 Å². The predicted octanol–water partition coefficient (Wildman–Crippen LogP) is 1.68. The number of nitrogens with zero attached hydrogens (tertiary/aromatic N) is 3. The van der Waals surface area contributed by atoms with Crippen molar-refractivity contribution < 1.29 is 4.79 Å². The second-order valence-electron chi connectivity index (χ2n) is 5.91. The molecule has 1 aromatic rings. The Morgan fingerprint density at radius 2 is 2.00 bits per heavy atom. The van der Waals surface area contributed by atoms with Crippen LogP contribution in [0.1, 0.15) is 43.9 Å². The van der Waals surface area contributed by atoms with E-state index in [4.69, 9.17) is 5.73 Å². The molecule has 0 aliphatic rings. The van der Waals surface area contributed by atoms with Gasteiger partial charge in [0.15, 0.2) is 0 Å². The molecule has 0 saturated carbocycles. The number of nitrogens with two attached hydrogens (primary N) is 1. The van der Waals surface area contributed by atoms with Crippen molar-refractivity contribution in [1.82, 2.24) is 14.7 Å². The summed E-state index contributed by atoms with van der Waals surface area (Å²) < 4.78 is 1.58. The first-order valence-corrected chi connectivity index (χ1v) is 6.24. The summed E-state index contributed by atoms with van der Waals surface area (Å²) >= 11 is 0. The molecule has 5 nitrogen and oxygen atoms in total. The van der Waals surface area contributed by atoms with Gasteiger partial charge >= 0.3 is 0 Å². The highest BCUT2D eigenvalue weighted by atomic mass is 16.2. The normalized spacial score (nSPS) is 11.7. The molecule has 0 saturated heterocycles. The molecule has 5 heteroatoms. The lowest BCUT2D eigenvalue weighted by molar-refractivity contribution is 0.0736. The zero-order valence-electron chi connectivity index (χ0n) is 12.2. The van der Waals surface area contributed by atoms with Crippen LogP contribution in [0.3, 0.4) is 0 Å². The Morgan fingerprint density at radius 3 is 2.39 bits per heavy atom. The summed E-state index contributed by atoms with van der Waals surface area (Å²) in [4.78, 5) is 14.1. The fraction of sp³-hybridized carbons (Fsp3) is 0.692. The maximum absolute atomic E-state index is 12.4. The number of rotatable bonds is 3. The molecule has 18 heavy (non-hydrogen) atoms. The first-order valence-electron chi connectivity index (χ1n) is 6.24. The van der Waals surface area contributed by atoms with Gasteiger partial charge in [-0.3, -0.25) is 9.48 Å². The van der Waals surface area contributed by atoms with Crippen molar-refractivity contribution in [2.45, 2.75) is 34.1 Å². The third-order valence-corrected chi connectivity index (χ3v) is 2.76. The zero-order valence-corrected chi connectivity index (χ0v) is 12.2. The number of hydrogen-bond acceptors (Lipinski definition) is 3. The van der Waals surface area contributed by atoms with Gasteiger partial charge in [-0.25, -0.2) is 0 Å². The largest absolute Gasteiger partial charge is 0.395 e. The molecule has 0 aliphatic carbocycles. The molecule has 0 aromatic carbocycles. The third-order valence-electron chi connectivity index (χ3n) is 2.76. The van der Waals surface area contributed by atoms with Gasteiger partial charge in [-0.15, -0.1) is 0 Å². The standard InChI is InChI=1S/C13H24N4O/c1-7-9-10(14)11(17(6)15-9)12(18)16(5)8-13(2,3)4/h7-8,14H2,1-6H3. The van der Waals surface area contributed by atoms with Gasteiger partial charge in [-0.05, 0) is 11.8 Å². The molecular formula is C13H24N4O. The molecular weight excluding hydrogens is 228 g/mol. The molecule has 0 spiro atoms. The molecule has 1 aromatic heterocycles. The molecule has 0 unspecified atom stereocenters. The number of amides is 1. The van der Waals surface area contributed by atoms with Gasteiger partial charge in [0.1, 0.15) is 5.69 Å². The second-order valence-corrected chi connectivity index (χ2v) is 5.91. The summed E-state index contributed by atoms with van der Waals surface area (Å²) in [6, 6.07) is 0. The number of aryl methyl sites for hydroxylation is 2. The monoisotopic (exact) mass is 252 g/mol. The summed E-state index contributed by atoms with van der Waals surface area (Å²) in [6.45, 7) is 8.95. The fourth-order valence-electron chi connectivity index (χ4n) is 2.07. The zero-order chi connectivity index (χ0) is 14.1. The van der Waals surface area contributed by atoms with Crippen molar-refractivity contribution >= 4 is 11.6 Å². The van der Waals surface area contributed by atoms with Gasteiger partial charge in [0.2, 0.25) is 0 Å². The van der Waals surface area contributed by atoms with Crippen LogP contribution >= 0.6 is 0 Å². The van der Waals surface area contributed by atoms with Gasteiger partial charge in [0.25, 0.3) is 5.91 Å². The number of hydrogen-bond donors (Lipinski definition) is 1. The van der Waals surface area contributed by atoms with E-state index in [1.54, 1.807) is 23.7 Å². The van der Waals surface area contributed by atoms with Crippen molar-refractivity contribution in [1.29, 1.82) is 0 Å². The van der Waals surface area contributed by atoms with E-state index < -0.39 is 0 Å². The Balaban J connectivity index is 3.01. The third kappa shape index (κ3) is 3.03. The van der Waals surface area contributed by atoms with E-state index in [9.17, 15) is 4.79 Å². The molecule has 1 rings (SSSR count). The minimum atomic E-state index is -0.0721. The van der Waals surface area contributed by atoms with Crippen LogP contribution in [0.4, 0.5) is 5.69 Å². The van der Waals surface area contributed by atoms with E-state index in [-0.39, 0.29) is 11.3 Å². The van der Waals surface area contributed by atoms with Gasteiger partial charge in [0, 0.05) is 20.6 Å². The number of aromatic nitrogens is 2. The van der Waals surface area contributed by atoms with E-state index in [0.717, 1.165) is 12.1 Å². The smallest absolute Gasteiger partial charge is 0.274 e. The molecule has 0 atom stereocenters. The van der Waals surface area contributed by atoms with E-state index in [2.05, 4.69) is 25.9 Å². The summed E-state index contributed by atoms with van der Waals surface area (Å²) in [6.07, 6.45) is 0.732. The average Bonchev–Trinajstić information content (AvgIpc) is 2.50. The Bertz CT molecular complexity index is 443. The Kier molecular flexibility index (Phi) is 4.04. The van der Waals surface area contributed by atoms with Crippen LogP contribution in [-0.4, -0.2) is 34.2 Å².